The van der Waals surface area contributed by atoms with Crippen LogP contribution in [0.25, 0.3) is 0 Å². The van der Waals surface area contributed by atoms with E-state index >= 15 is 0 Å². The molecule has 0 bridgehead atoms. The molecule has 15 heavy (non-hydrogen) atoms. The Morgan fingerprint density at radius 1 is 1.40 bits per heavy atom. The maximum Gasteiger partial charge on any atom is 0.0880 e. The van der Waals surface area contributed by atoms with Gasteiger partial charge >= 0.3 is 0 Å². The Hall–Kier alpha value is -0.940. The molecule has 0 aromatic carbocycles. The van der Waals surface area contributed by atoms with Gasteiger partial charge in [-0.05, 0) is 0 Å². The molecule has 0 saturated heterocycles. The summed E-state index contributed by atoms with van der Waals surface area (Å²) in [5.74, 6) is 0. The van der Waals surface area contributed by atoms with Crippen molar-refractivity contribution in [2.24, 2.45) is 5.73 Å². The van der Waals surface area contributed by atoms with Gasteiger partial charge in [0.25, 0.3) is 0 Å². The van der Waals surface area contributed by atoms with E-state index in [1.54, 1.807) is 4.68 Å². The van der Waals surface area contributed by atoms with Gasteiger partial charge in [-0.2, -0.15) is 0 Å². The number of nitrogens with zero attached hydrogens (tertiary/aromatic N) is 3. The van der Waals surface area contributed by atoms with Crippen molar-refractivity contribution < 1.29 is 4.74 Å². The van der Waals surface area contributed by atoms with E-state index in [-0.39, 0.29) is 5.41 Å². The van der Waals surface area contributed by atoms with Gasteiger partial charge in [-0.1, -0.05) is 26.0 Å². The number of aromatic nitrogens is 3. The average Bonchev–Trinajstić information content (AvgIpc) is 2.60. The van der Waals surface area contributed by atoms with Crippen LogP contribution in [0.4, 0.5) is 0 Å². The second-order valence-electron chi connectivity index (χ2n) is 4.52. The van der Waals surface area contributed by atoms with Crippen molar-refractivity contribution in [3.8, 4) is 0 Å². The van der Waals surface area contributed by atoms with Crippen LogP contribution < -0.4 is 5.73 Å². The first-order chi connectivity index (χ1) is 7.04. The largest absolute Gasteiger partial charge is 0.378 e. The Kier molecular flexibility index (Phi) is 4.23. The molecule has 0 atom stereocenters. The molecule has 1 aromatic rings. The van der Waals surface area contributed by atoms with Crippen molar-refractivity contribution in [2.75, 3.05) is 19.8 Å². The summed E-state index contributed by atoms with van der Waals surface area (Å²) in [5, 5.41) is 8.15. The van der Waals surface area contributed by atoms with Gasteiger partial charge in [0.2, 0.25) is 0 Å². The van der Waals surface area contributed by atoms with Crippen LogP contribution in [0.1, 0.15) is 26.5 Å². The first-order valence-electron chi connectivity index (χ1n) is 5.22. The predicted octanol–water partition coefficient (Wildman–Crippen LogP) is 0.551. The van der Waals surface area contributed by atoms with Crippen LogP contribution in [0, 0.1) is 0 Å². The Bertz CT molecular complexity index is 290. The number of hydrogen-bond acceptors (Lipinski definition) is 4. The molecule has 2 N–H and O–H groups in total. The van der Waals surface area contributed by atoms with Crippen LogP contribution in [-0.4, -0.2) is 34.8 Å². The van der Waals surface area contributed by atoms with E-state index in [1.807, 2.05) is 6.20 Å². The van der Waals surface area contributed by atoms with E-state index in [0.717, 1.165) is 12.2 Å². The normalized spacial score (nSPS) is 12.0. The lowest BCUT2D eigenvalue weighted by Crippen LogP contribution is -2.13. The molecule has 1 heterocycles. The summed E-state index contributed by atoms with van der Waals surface area (Å²) < 4.78 is 7.07. The molecule has 0 aliphatic heterocycles. The fourth-order valence-electron chi connectivity index (χ4n) is 1.09. The van der Waals surface area contributed by atoms with Crippen LogP contribution in [0.3, 0.4) is 0 Å². The molecule has 0 unspecified atom stereocenters. The summed E-state index contributed by atoms with van der Waals surface area (Å²) in [5.41, 5.74) is 6.36. The molecule has 0 spiro atoms. The quantitative estimate of drug-likeness (QED) is 0.724. The van der Waals surface area contributed by atoms with Crippen LogP contribution in [-0.2, 0) is 16.7 Å². The highest BCUT2D eigenvalue weighted by molar-refractivity contribution is 5.06. The van der Waals surface area contributed by atoms with E-state index in [4.69, 9.17) is 10.5 Å². The third kappa shape index (κ3) is 3.97. The van der Waals surface area contributed by atoms with Gasteiger partial charge in [-0.3, -0.25) is 0 Å². The number of hydrogen-bond donors (Lipinski definition) is 1. The number of nitrogens with two attached hydrogens (primary N) is 1. The lowest BCUT2D eigenvalue weighted by molar-refractivity contribution is 0.130. The van der Waals surface area contributed by atoms with Crippen LogP contribution in [0.5, 0.6) is 0 Å². The monoisotopic (exact) mass is 212 g/mol. The zero-order valence-corrected chi connectivity index (χ0v) is 9.73. The molecule has 0 aliphatic carbocycles. The van der Waals surface area contributed by atoms with E-state index in [9.17, 15) is 0 Å². The lowest BCUT2D eigenvalue weighted by Gasteiger charge is -2.12. The zero-order valence-electron chi connectivity index (χ0n) is 9.73. The van der Waals surface area contributed by atoms with Gasteiger partial charge in [-0.25, -0.2) is 4.68 Å². The standard InChI is InChI=1S/C10H20N4O/c1-10(2,3)9-8-14(13-12-9)5-7-15-6-4-11/h8H,4-7,11H2,1-3H3. The fourth-order valence-corrected chi connectivity index (χ4v) is 1.09. The third-order valence-corrected chi connectivity index (χ3v) is 2.03. The Morgan fingerprint density at radius 2 is 2.13 bits per heavy atom. The minimum Gasteiger partial charge on any atom is -0.378 e. The minimum atomic E-state index is 0.0520. The second kappa shape index (κ2) is 5.23. The molecule has 5 nitrogen and oxygen atoms in total. The highest BCUT2D eigenvalue weighted by atomic mass is 16.5. The third-order valence-electron chi connectivity index (χ3n) is 2.03. The topological polar surface area (TPSA) is 66.0 Å². The molecule has 0 saturated carbocycles. The summed E-state index contributed by atoms with van der Waals surface area (Å²) in [6.07, 6.45) is 1.96. The molecule has 5 heteroatoms. The van der Waals surface area contributed by atoms with Crippen LogP contribution in [0.15, 0.2) is 6.20 Å². The van der Waals surface area contributed by atoms with Gasteiger partial charge in [-0.15, -0.1) is 5.10 Å². The van der Waals surface area contributed by atoms with Gasteiger partial charge in [0.1, 0.15) is 0 Å². The number of rotatable bonds is 5. The fraction of sp³-hybridized carbons (Fsp3) is 0.800. The molecular formula is C10H20N4O. The average molecular weight is 212 g/mol. The molecule has 0 amide bonds. The number of ether oxygens (including phenoxy) is 1. The van der Waals surface area contributed by atoms with Gasteiger partial charge in [0.05, 0.1) is 25.5 Å². The predicted molar refractivity (Wildman–Crippen MR) is 58.6 cm³/mol. The Labute approximate surface area is 90.6 Å². The molecule has 0 fully saturated rings. The second-order valence-corrected chi connectivity index (χ2v) is 4.52. The van der Waals surface area contributed by atoms with E-state index in [1.165, 1.54) is 0 Å². The molecule has 0 radical (unpaired) electrons. The zero-order chi connectivity index (χ0) is 11.3. The van der Waals surface area contributed by atoms with Crippen molar-refractivity contribution in [1.82, 2.24) is 15.0 Å². The smallest absolute Gasteiger partial charge is 0.0880 e. The molecule has 86 valence electrons. The van der Waals surface area contributed by atoms with Crippen molar-refractivity contribution in [3.05, 3.63) is 11.9 Å². The van der Waals surface area contributed by atoms with Crippen molar-refractivity contribution in [2.45, 2.75) is 32.7 Å². The van der Waals surface area contributed by atoms with Gasteiger partial charge in [0.15, 0.2) is 0 Å². The summed E-state index contributed by atoms with van der Waals surface area (Å²) in [7, 11) is 0. The highest BCUT2D eigenvalue weighted by Gasteiger charge is 2.17. The van der Waals surface area contributed by atoms with Crippen molar-refractivity contribution in [1.29, 1.82) is 0 Å². The highest BCUT2D eigenvalue weighted by Crippen LogP contribution is 2.18. The van der Waals surface area contributed by atoms with Crippen LogP contribution in [0.2, 0.25) is 0 Å². The first kappa shape index (κ1) is 12.1. The summed E-state index contributed by atoms with van der Waals surface area (Å²) in [6.45, 7) is 8.86. The maximum absolute atomic E-state index is 5.31. The van der Waals surface area contributed by atoms with E-state index < -0.39 is 0 Å². The molecule has 1 aromatic heterocycles. The lowest BCUT2D eigenvalue weighted by atomic mass is 9.93. The summed E-state index contributed by atoms with van der Waals surface area (Å²) >= 11 is 0. The molecule has 0 aliphatic rings. The maximum atomic E-state index is 5.31. The SMILES string of the molecule is CC(C)(C)c1cn(CCOCCN)nn1. The van der Waals surface area contributed by atoms with E-state index in [2.05, 4.69) is 31.1 Å². The summed E-state index contributed by atoms with van der Waals surface area (Å²) in [6, 6.07) is 0. The van der Waals surface area contributed by atoms with Crippen molar-refractivity contribution in [3.63, 3.8) is 0 Å². The van der Waals surface area contributed by atoms with Crippen molar-refractivity contribution >= 4 is 0 Å². The van der Waals surface area contributed by atoms with Gasteiger partial charge < -0.3 is 10.5 Å². The summed E-state index contributed by atoms with van der Waals surface area (Å²) in [4.78, 5) is 0. The first-order valence-corrected chi connectivity index (χ1v) is 5.22. The molecule has 1 rings (SSSR count). The Balaban J connectivity index is 2.40. The van der Waals surface area contributed by atoms with Gasteiger partial charge in [0, 0.05) is 18.2 Å². The molecular weight excluding hydrogens is 192 g/mol. The van der Waals surface area contributed by atoms with E-state index in [0.29, 0.717) is 19.8 Å². The minimum absolute atomic E-state index is 0.0520. The van der Waals surface area contributed by atoms with Crippen LogP contribution >= 0.6 is 0 Å². The Morgan fingerprint density at radius 3 is 2.67 bits per heavy atom.